The highest BCUT2D eigenvalue weighted by molar-refractivity contribution is 9.11. The number of hydrogen-bond donors (Lipinski definition) is 1. The van der Waals surface area contributed by atoms with Crippen LogP contribution >= 0.6 is 27.3 Å². The van der Waals surface area contributed by atoms with Crippen LogP contribution in [0.15, 0.2) is 34.1 Å². The van der Waals surface area contributed by atoms with Gasteiger partial charge in [0.15, 0.2) is 0 Å². The van der Waals surface area contributed by atoms with E-state index in [2.05, 4.69) is 15.9 Å². The van der Waals surface area contributed by atoms with Crippen molar-refractivity contribution in [3.8, 4) is 0 Å². The summed E-state index contributed by atoms with van der Waals surface area (Å²) in [6.45, 7) is 3.43. The van der Waals surface area contributed by atoms with Gasteiger partial charge in [-0.1, -0.05) is 12.1 Å². The third-order valence-corrected chi connectivity index (χ3v) is 4.56. The molecule has 96 valence electrons. The van der Waals surface area contributed by atoms with Crippen LogP contribution in [0, 0.1) is 12.7 Å². The summed E-state index contributed by atoms with van der Waals surface area (Å²) in [5.74, 6) is -0.278. The number of hydrogen-bond acceptors (Lipinski definition) is 2. The maximum atomic E-state index is 13.5. The average Bonchev–Trinajstić information content (AvgIpc) is 2.67. The zero-order valence-electron chi connectivity index (χ0n) is 10.2. The molecule has 2 rings (SSSR count). The molecule has 0 saturated heterocycles. The fourth-order valence-electron chi connectivity index (χ4n) is 1.82. The molecule has 0 fully saturated rings. The quantitative estimate of drug-likeness (QED) is 0.884. The first-order chi connectivity index (χ1) is 8.38. The van der Waals surface area contributed by atoms with E-state index in [0.717, 1.165) is 8.66 Å². The summed E-state index contributed by atoms with van der Waals surface area (Å²) in [5, 5.41) is 10.5. The molecule has 0 amide bonds. The fourth-order valence-corrected chi connectivity index (χ4v) is 3.45. The molecule has 0 aliphatic carbocycles. The molecule has 0 spiro atoms. The molecule has 0 aliphatic heterocycles. The largest absolute Gasteiger partial charge is 0.385 e. The van der Waals surface area contributed by atoms with E-state index in [-0.39, 0.29) is 5.82 Å². The van der Waals surface area contributed by atoms with Crippen LogP contribution in [0.25, 0.3) is 0 Å². The third-order valence-electron chi connectivity index (χ3n) is 2.94. The average molecular weight is 329 g/mol. The molecular formula is C14H14BrFOS. The monoisotopic (exact) mass is 328 g/mol. The van der Waals surface area contributed by atoms with E-state index in [1.807, 2.05) is 12.1 Å². The summed E-state index contributed by atoms with van der Waals surface area (Å²) in [4.78, 5) is 1.06. The van der Waals surface area contributed by atoms with Crippen LogP contribution in [0.5, 0.6) is 0 Å². The van der Waals surface area contributed by atoms with E-state index in [0.29, 0.717) is 17.5 Å². The summed E-state index contributed by atoms with van der Waals surface area (Å²) in [5.41, 5.74) is 0.141. The van der Waals surface area contributed by atoms with Crippen LogP contribution in [0.4, 0.5) is 4.39 Å². The van der Waals surface area contributed by atoms with Gasteiger partial charge in [0.2, 0.25) is 0 Å². The summed E-state index contributed by atoms with van der Waals surface area (Å²) in [6, 6.07) is 8.81. The summed E-state index contributed by atoms with van der Waals surface area (Å²) >= 11 is 4.97. The van der Waals surface area contributed by atoms with Gasteiger partial charge in [0.1, 0.15) is 5.82 Å². The van der Waals surface area contributed by atoms with E-state index in [1.165, 1.54) is 6.07 Å². The Bertz CT molecular complexity index is 563. The van der Waals surface area contributed by atoms with Gasteiger partial charge in [-0.3, -0.25) is 0 Å². The van der Waals surface area contributed by atoms with Gasteiger partial charge in [-0.15, -0.1) is 11.3 Å². The van der Waals surface area contributed by atoms with Gasteiger partial charge in [0.05, 0.1) is 9.39 Å². The normalized spacial score (nSPS) is 14.5. The molecule has 1 heterocycles. The lowest BCUT2D eigenvalue weighted by Crippen LogP contribution is -2.24. The minimum absolute atomic E-state index is 0.278. The third kappa shape index (κ3) is 2.99. The Kier molecular flexibility index (Phi) is 3.90. The fraction of sp³-hybridized carbons (Fsp3) is 0.286. The summed E-state index contributed by atoms with van der Waals surface area (Å²) < 4.78 is 14.6. The van der Waals surface area contributed by atoms with Crippen LogP contribution in [0.2, 0.25) is 0 Å². The molecule has 1 atom stereocenters. The van der Waals surface area contributed by atoms with Crippen molar-refractivity contribution in [2.75, 3.05) is 0 Å². The molecule has 1 aromatic carbocycles. The van der Waals surface area contributed by atoms with Gasteiger partial charge in [0, 0.05) is 11.3 Å². The number of thiophene rings is 1. The summed E-state index contributed by atoms with van der Waals surface area (Å²) in [6.07, 6.45) is 0.478. The second-order valence-corrected chi connectivity index (χ2v) is 7.17. The van der Waals surface area contributed by atoms with E-state index >= 15 is 0 Å². The lowest BCUT2D eigenvalue weighted by atomic mass is 9.91. The Labute approximate surface area is 118 Å². The predicted molar refractivity (Wildman–Crippen MR) is 76.4 cm³/mol. The molecule has 18 heavy (non-hydrogen) atoms. The maximum Gasteiger partial charge on any atom is 0.126 e. The van der Waals surface area contributed by atoms with Gasteiger partial charge in [0.25, 0.3) is 0 Å². The van der Waals surface area contributed by atoms with E-state index in [9.17, 15) is 9.50 Å². The molecule has 1 nitrogen and oxygen atoms in total. The zero-order valence-corrected chi connectivity index (χ0v) is 12.6. The maximum absolute atomic E-state index is 13.5. The first-order valence-electron chi connectivity index (χ1n) is 5.62. The van der Waals surface area contributed by atoms with Crippen LogP contribution < -0.4 is 0 Å². The standard InChI is InChI=1S/C14H14BrFOS/c1-9-3-4-10(7-12(9)16)14(2,17)8-11-5-6-13(15)18-11/h3-7,17H,8H2,1-2H3. The Balaban J connectivity index is 2.26. The molecule has 1 aromatic heterocycles. The summed E-state index contributed by atoms with van der Waals surface area (Å²) in [7, 11) is 0. The molecule has 2 aromatic rings. The molecule has 0 radical (unpaired) electrons. The molecular weight excluding hydrogens is 315 g/mol. The van der Waals surface area contributed by atoms with E-state index in [1.54, 1.807) is 37.3 Å². The van der Waals surface area contributed by atoms with Gasteiger partial charge in [-0.05, 0) is 59.1 Å². The molecule has 0 saturated carbocycles. The van der Waals surface area contributed by atoms with Crippen molar-refractivity contribution in [3.05, 3.63) is 55.9 Å². The number of halogens is 2. The first-order valence-corrected chi connectivity index (χ1v) is 7.23. The van der Waals surface area contributed by atoms with E-state index < -0.39 is 5.60 Å². The van der Waals surface area contributed by atoms with Gasteiger partial charge in [-0.2, -0.15) is 0 Å². The van der Waals surface area contributed by atoms with Crippen molar-refractivity contribution in [3.63, 3.8) is 0 Å². The van der Waals surface area contributed by atoms with Crippen LogP contribution in [0.3, 0.4) is 0 Å². The Hall–Kier alpha value is -0.710. The van der Waals surface area contributed by atoms with Crippen LogP contribution in [-0.4, -0.2) is 5.11 Å². The topological polar surface area (TPSA) is 20.2 Å². The van der Waals surface area contributed by atoms with Crippen molar-refractivity contribution >= 4 is 27.3 Å². The molecule has 1 unspecified atom stereocenters. The highest BCUT2D eigenvalue weighted by atomic mass is 79.9. The minimum Gasteiger partial charge on any atom is -0.385 e. The zero-order chi connectivity index (χ0) is 13.3. The van der Waals surface area contributed by atoms with Gasteiger partial charge >= 0.3 is 0 Å². The highest BCUT2D eigenvalue weighted by Gasteiger charge is 2.25. The van der Waals surface area contributed by atoms with Crippen molar-refractivity contribution < 1.29 is 9.50 Å². The minimum atomic E-state index is -1.06. The van der Waals surface area contributed by atoms with Crippen molar-refractivity contribution in [1.29, 1.82) is 0 Å². The van der Waals surface area contributed by atoms with Gasteiger partial charge in [-0.25, -0.2) is 4.39 Å². The molecule has 1 N–H and O–H groups in total. The number of benzene rings is 1. The second kappa shape index (κ2) is 5.11. The SMILES string of the molecule is Cc1ccc(C(C)(O)Cc2ccc(Br)s2)cc1F. The second-order valence-electron chi connectivity index (χ2n) is 4.62. The number of aryl methyl sites for hydroxylation is 1. The highest BCUT2D eigenvalue weighted by Crippen LogP contribution is 2.31. The van der Waals surface area contributed by atoms with E-state index in [4.69, 9.17) is 0 Å². The van der Waals surface area contributed by atoms with Crippen LogP contribution in [-0.2, 0) is 12.0 Å². The van der Waals surface area contributed by atoms with Crippen molar-refractivity contribution in [2.45, 2.75) is 25.9 Å². The number of aliphatic hydroxyl groups is 1. The lowest BCUT2D eigenvalue weighted by molar-refractivity contribution is 0.0581. The number of rotatable bonds is 3. The first kappa shape index (κ1) is 13.7. The Morgan fingerprint density at radius 3 is 2.61 bits per heavy atom. The Morgan fingerprint density at radius 1 is 1.33 bits per heavy atom. The molecule has 4 heteroatoms. The van der Waals surface area contributed by atoms with Crippen LogP contribution in [0.1, 0.15) is 22.9 Å². The molecule has 0 aliphatic rings. The predicted octanol–water partition coefficient (Wildman–Crippen LogP) is 4.41. The van der Waals surface area contributed by atoms with Gasteiger partial charge < -0.3 is 5.11 Å². The lowest BCUT2D eigenvalue weighted by Gasteiger charge is -2.23. The van der Waals surface area contributed by atoms with Crippen molar-refractivity contribution in [1.82, 2.24) is 0 Å². The smallest absolute Gasteiger partial charge is 0.126 e. The van der Waals surface area contributed by atoms with Crippen molar-refractivity contribution in [2.24, 2.45) is 0 Å². The molecule has 0 bridgehead atoms. The Morgan fingerprint density at radius 2 is 2.06 bits per heavy atom.